The van der Waals surface area contributed by atoms with Gasteiger partial charge in [-0.3, -0.25) is 23.9 Å². The molecule has 0 bridgehead atoms. The Hall–Kier alpha value is -4.74. The van der Waals surface area contributed by atoms with Crippen LogP contribution in [0.3, 0.4) is 0 Å². The number of halogens is 4. The van der Waals surface area contributed by atoms with E-state index in [1.807, 2.05) is 0 Å². The third kappa shape index (κ3) is 7.61. The molecule has 4 heterocycles. The number of anilines is 2. The molecular formula is C26H27ClF3N9O5. The number of nitrogens with one attached hydrogen (secondary N) is 5. The number of carbonyl (C=O) groups excluding carboxylic acids is 2. The normalized spacial score (nSPS) is 16.2. The quantitative estimate of drug-likeness (QED) is 0.105. The van der Waals surface area contributed by atoms with E-state index in [0.29, 0.717) is 38.2 Å². The number of rotatable bonds is 9. The van der Waals surface area contributed by atoms with Crippen LogP contribution in [0.1, 0.15) is 28.9 Å². The molecule has 5 rings (SSSR count). The smallest absolute Gasteiger partial charge is 0.435 e. The predicted octanol–water partition coefficient (Wildman–Crippen LogP) is 2.19. The highest BCUT2D eigenvalue weighted by Gasteiger charge is 2.37. The van der Waals surface area contributed by atoms with Crippen LogP contribution < -0.4 is 21.3 Å². The van der Waals surface area contributed by atoms with Gasteiger partial charge in [0.05, 0.1) is 40.2 Å². The molecule has 0 spiro atoms. The minimum atomic E-state index is -4.65. The molecule has 2 atom stereocenters. The molecule has 1 fully saturated rings. The monoisotopic (exact) mass is 637 g/mol. The molecule has 3 aromatic heterocycles. The van der Waals surface area contributed by atoms with Crippen LogP contribution >= 0.6 is 11.6 Å². The van der Waals surface area contributed by atoms with Gasteiger partial charge in [-0.2, -0.15) is 18.3 Å². The molecule has 0 saturated carbocycles. The Morgan fingerprint density at radius 2 is 1.95 bits per heavy atom. The Balaban J connectivity index is 0.00000141. The highest BCUT2D eigenvalue weighted by Crippen LogP contribution is 2.36. The zero-order valence-corrected chi connectivity index (χ0v) is 23.5. The minimum Gasteiger partial charge on any atom is -0.483 e. The van der Waals surface area contributed by atoms with E-state index in [4.69, 9.17) is 21.5 Å². The molecule has 1 aliphatic heterocycles. The number of aliphatic hydroxyl groups is 1. The Morgan fingerprint density at radius 1 is 1.20 bits per heavy atom. The van der Waals surface area contributed by atoms with Gasteiger partial charge in [-0.25, -0.2) is 9.97 Å². The number of alkyl halides is 3. The fourth-order valence-corrected chi connectivity index (χ4v) is 4.73. The molecule has 0 aliphatic carbocycles. The van der Waals surface area contributed by atoms with Gasteiger partial charge in [-0.1, -0.05) is 11.6 Å². The second-order valence-electron chi connectivity index (χ2n) is 9.43. The number of carboxylic acid groups (broad SMARTS) is 1. The summed E-state index contributed by atoms with van der Waals surface area (Å²) >= 11 is 6.36. The largest absolute Gasteiger partial charge is 0.483 e. The van der Waals surface area contributed by atoms with Crippen molar-refractivity contribution in [2.45, 2.75) is 31.2 Å². The van der Waals surface area contributed by atoms with E-state index >= 15 is 0 Å². The van der Waals surface area contributed by atoms with Crippen molar-refractivity contribution in [3.63, 3.8) is 0 Å². The molecular weight excluding hydrogens is 611 g/mol. The summed E-state index contributed by atoms with van der Waals surface area (Å²) in [5, 5.41) is 33.6. The molecule has 18 heteroatoms. The molecule has 234 valence electrons. The van der Waals surface area contributed by atoms with E-state index in [0.717, 1.165) is 6.20 Å². The number of fused-ring (bicyclic) bond motifs is 1. The van der Waals surface area contributed by atoms with Crippen molar-refractivity contribution in [1.29, 1.82) is 0 Å². The second-order valence-corrected chi connectivity index (χ2v) is 9.84. The topological polar surface area (TPSA) is 199 Å². The fraction of sp³-hybridized carbons (Fsp3) is 0.308. The van der Waals surface area contributed by atoms with Gasteiger partial charge in [0.2, 0.25) is 5.91 Å². The van der Waals surface area contributed by atoms with E-state index < -0.39 is 29.9 Å². The summed E-state index contributed by atoms with van der Waals surface area (Å²) in [5.41, 5.74) is -0.0673. The zero-order chi connectivity index (χ0) is 31.9. The molecule has 4 aromatic rings. The van der Waals surface area contributed by atoms with Gasteiger partial charge < -0.3 is 31.5 Å². The lowest BCUT2D eigenvalue weighted by molar-refractivity contribution is -0.140. The number of benzene rings is 1. The maximum Gasteiger partial charge on any atom is 0.435 e. The number of aliphatic hydroxyl groups excluding tert-OH is 1. The lowest BCUT2D eigenvalue weighted by atomic mass is 10.2. The molecule has 0 radical (unpaired) electrons. The standard InChI is InChI=1S/C25H25ClF3N9O3.CH2O2/c26-17-8-13(2-3-15(17)23(40)31-4-1-5-32-24(41)18-9-14(39)10-33-18)36-21-22-34-12-19(38(22)7-6-30-21)16-11-35-37-20(16)25(27,28)29;2-1-3/h2-3,6-8,11-12,14,18,33,39H,1,4-5,9-10H2,(H,30,36)(H,31,40)(H,32,41)(H,35,37);1H,(H,2,3)/t14-,18+;/m1./s1. The average Bonchev–Trinajstić information content (AvgIpc) is 3.73. The number of amides is 2. The Labute approximate surface area is 252 Å². The first kappa shape index (κ1) is 32.2. The summed E-state index contributed by atoms with van der Waals surface area (Å²) in [6.45, 7) is 0.797. The van der Waals surface area contributed by atoms with Gasteiger partial charge in [0.25, 0.3) is 12.4 Å². The van der Waals surface area contributed by atoms with Crippen molar-refractivity contribution in [3.8, 4) is 11.3 Å². The highest BCUT2D eigenvalue weighted by atomic mass is 35.5. The van der Waals surface area contributed by atoms with Crippen LogP contribution in [0.15, 0.2) is 43.0 Å². The average molecular weight is 638 g/mol. The van der Waals surface area contributed by atoms with Crippen LogP contribution in [0.4, 0.5) is 24.7 Å². The Kier molecular flexibility index (Phi) is 10.4. The van der Waals surface area contributed by atoms with Crippen LogP contribution in [0, 0.1) is 0 Å². The Bertz CT molecular complexity index is 1630. The summed E-state index contributed by atoms with van der Waals surface area (Å²) < 4.78 is 41.5. The first-order chi connectivity index (χ1) is 21.0. The number of hydrogen-bond donors (Lipinski definition) is 7. The van der Waals surface area contributed by atoms with Gasteiger partial charge in [0.15, 0.2) is 17.2 Å². The van der Waals surface area contributed by atoms with Gasteiger partial charge in [0, 0.05) is 43.9 Å². The predicted molar refractivity (Wildman–Crippen MR) is 151 cm³/mol. The number of nitrogens with zero attached hydrogens (tertiary/aromatic N) is 4. The van der Waals surface area contributed by atoms with E-state index in [-0.39, 0.29) is 45.7 Å². The maximum atomic E-state index is 13.4. The van der Waals surface area contributed by atoms with Crippen molar-refractivity contribution in [2.24, 2.45) is 0 Å². The lowest BCUT2D eigenvalue weighted by Crippen LogP contribution is -2.41. The molecule has 0 unspecified atom stereocenters. The number of aromatic nitrogens is 5. The number of hydrogen-bond acceptors (Lipinski definition) is 9. The summed E-state index contributed by atoms with van der Waals surface area (Å²) in [6, 6.07) is 4.24. The van der Waals surface area contributed by atoms with Crippen molar-refractivity contribution >= 4 is 47.0 Å². The van der Waals surface area contributed by atoms with Crippen molar-refractivity contribution < 1.29 is 37.8 Å². The maximum absolute atomic E-state index is 13.4. The fourth-order valence-electron chi connectivity index (χ4n) is 4.46. The number of β-amino-alcohol motifs (C(OH)–C–C–N with tert-alkyl or cyclic N) is 1. The molecule has 1 aliphatic rings. The van der Waals surface area contributed by atoms with E-state index in [2.05, 4.69) is 41.4 Å². The second kappa shape index (κ2) is 14.2. The van der Waals surface area contributed by atoms with E-state index in [1.165, 1.54) is 35.1 Å². The molecule has 7 N–H and O–H groups in total. The molecule has 44 heavy (non-hydrogen) atoms. The number of imidazole rings is 1. The van der Waals surface area contributed by atoms with Crippen LogP contribution in [0.25, 0.3) is 16.9 Å². The summed E-state index contributed by atoms with van der Waals surface area (Å²) in [5.74, 6) is -0.330. The molecule has 1 aromatic carbocycles. The SMILES string of the molecule is O=C(NCCCNC(=O)[C@@H]1C[C@@H](O)CN1)c1ccc(Nc2nccn3c(-c4c[nH]nc4C(F)(F)F)cnc23)cc1Cl.O=CO. The summed E-state index contributed by atoms with van der Waals surface area (Å²) in [6.07, 6.45) is 1.03. The zero-order valence-electron chi connectivity index (χ0n) is 22.7. The van der Waals surface area contributed by atoms with Crippen LogP contribution in [0.2, 0.25) is 5.02 Å². The number of carbonyl (C=O) groups is 3. The van der Waals surface area contributed by atoms with Crippen molar-refractivity contribution in [1.82, 2.24) is 40.5 Å². The van der Waals surface area contributed by atoms with Gasteiger partial charge in [0.1, 0.15) is 0 Å². The van der Waals surface area contributed by atoms with E-state index in [1.54, 1.807) is 6.07 Å². The molecule has 14 nitrogen and oxygen atoms in total. The van der Waals surface area contributed by atoms with Crippen LogP contribution in [0.5, 0.6) is 0 Å². The van der Waals surface area contributed by atoms with Gasteiger partial charge in [-0.05, 0) is 31.0 Å². The molecule has 2 amide bonds. The van der Waals surface area contributed by atoms with Gasteiger partial charge in [-0.15, -0.1) is 0 Å². The highest BCUT2D eigenvalue weighted by molar-refractivity contribution is 6.34. The first-order valence-corrected chi connectivity index (χ1v) is 13.5. The third-order valence-electron chi connectivity index (χ3n) is 6.45. The summed E-state index contributed by atoms with van der Waals surface area (Å²) in [7, 11) is 0. The van der Waals surface area contributed by atoms with Crippen molar-refractivity contribution in [3.05, 3.63) is 59.3 Å². The van der Waals surface area contributed by atoms with Crippen LogP contribution in [-0.2, 0) is 15.8 Å². The summed E-state index contributed by atoms with van der Waals surface area (Å²) in [4.78, 5) is 41.5. The Morgan fingerprint density at radius 3 is 2.64 bits per heavy atom. The lowest BCUT2D eigenvalue weighted by Gasteiger charge is -2.12. The number of H-pyrrole nitrogens is 1. The molecule has 1 saturated heterocycles. The minimum absolute atomic E-state index is 0.159. The van der Waals surface area contributed by atoms with Crippen LogP contribution in [-0.4, -0.2) is 84.8 Å². The third-order valence-corrected chi connectivity index (χ3v) is 6.76. The van der Waals surface area contributed by atoms with E-state index in [9.17, 15) is 27.9 Å². The van der Waals surface area contributed by atoms with Crippen molar-refractivity contribution in [2.75, 3.05) is 25.0 Å². The van der Waals surface area contributed by atoms with Gasteiger partial charge >= 0.3 is 6.18 Å². The number of aromatic amines is 1. The first-order valence-electron chi connectivity index (χ1n) is 13.1.